The van der Waals surface area contributed by atoms with Crippen molar-refractivity contribution in [3.05, 3.63) is 57.6 Å². The van der Waals surface area contributed by atoms with Gasteiger partial charge in [0.05, 0.1) is 12.7 Å². The molecule has 0 bridgehead atoms. The smallest absolute Gasteiger partial charge is 0.122 e. The van der Waals surface area contributed by atoms with Gasteiger partial charge in [0, 0.05) is 10.0 Å². The molecule has 0 radical (unpaired) electrons. The Kier molecular flexibility index (Phi) is 7.32. The number of rotatable bonds is 8. The largest absolute Gasteiger partial charge is 0.507 e. The molecule has 0 aliphatic carbocycles. The van der Waals surface area contributed by atoms with E-state index in [4.69, 9.17) is 4.74 Å². The van der Waals surface area contributed by atoms with E-state index in [-0.39, 0.29) is 6.10 Å². The molecule has 0 aromatic heterocycles. The van der Waals surface area contributed by atoms with Crippen molar-refractivity contribution in [3.63, 3.8) is 0 Å². The Bertz CT molecular complexity index is 643. The lowest BCUT2D eigenvalue weighted by atomic mass is 9.94. The SMILES string of the molecule is C=C(CC)C1=CCOC1CC/C(=C/c1cc(Br)ccc1O)CCC. The van der Waals surface area contributed by atoms with Crippen LogP contribution in [-0.2, 0) is 4.74 Å². The molecule has 3 heteroatoms. The van der Waals surface area contributed by atoms with Crippen LogP contribution in [0.2, 0.25) is 0 Å². The van der Waals surface area contributed by atoms with Crippen molar-refractivity contribution in [2.75, 3.05) is 6.61 Å². The van der Waals surface area contributed by atoms with Gasteiger partial charge in [0.2, 0.25) is 0 Å². The third-order valence-corrected chi connectivity index (χ3v) is 4.92. The molecule has 1 N–H and O–H groups in total. The molecule has 1 aromatic rings. The summed E-state index contributed by atoms with van der Waals surface area (Å²) in [5.41, 5.74) is 4.68. The van der Waals surface area contributed by atoms with E-state index < -0.39 is 0 Å². The topological polar surface area (TPSA) is 29.5 Å². The molecule has 2 rings (SSSR count). The van der Waals surface area contributed by atoms with Gasteiger partial charge in [-0.05, 0) is 55.0 Å². The fourth-order valence-corrected chi connectivity index (χ4v) is 3.44. The molecule has 1 aromatic carbocycles. The van der Waals surface area contributed by atoms with Gasteiger partial charge >= 0.3 is 0 Å². The standard InChI is InChI=1S/C21H27BrO2/c1-4-6-16(13-17-14-18(22)8-9-20(17)23)7-10-21-19(11-12-24-21)15(3)5-2/h8-9,11,13-14,21,23H,3-7,10,12H2,1-2H3/b16-13+. The Morgan fingerprint density at radius 3 is 2.88 bits per heavy atom. The van der Waals surface area contributed by atoms with Gasteiger partial charge in [-0.25, -0.2) is 0 Å². The van der Waals surface area contributed by atoms with Crippen LogP contribution in [0, 0.1) is 0 Å². The minimum atomic E-state index is 0.161. The van der Waals surface area contributed by atoms with E-state index in [0.717, 1.165) is 42.1 Å². The van der Waals surface area contributed by atoms with Crippen LogP contribution in [0.25, 0.3) is 6.08 Å². The maximum Gasteiger partial charge on any atom is 0.122 e. The second-order valence-electron chi connectivity index (χ2n) is 6.23. The van der Waals surface area contributed by atoms with Crippen LogP contribution < -0.4 is 0 Å². The highest BCUT2D eigenvalue weighted by atomic mass is 79.9. The summed E-state index contributed by atoms with van der Waals surface area (Å²) < 4.78 is 6.85. The van der Waals surface area contributed by atoms with Crippen LogP contribution in [0.15, 0.2) is 52.0 Å². The summed E-state index contributed by atoms with van der Waals surface area (Å²) in [6.45, 7) is 9.17. The highest BCUT2D eigenvalue weighted by Gasteiger charge is 2.21. The molecule has 0 saturated carbocycles. The lowest BCUT2D eigenvalue weighted by molar-refractivity contribution is 0.116. The maximum atomic E-state index is 10.1. The predicted molar refractivity (Wildman–Crippen MR) is 105 cm³/mol. The van der Waals surface area contributed by atoms with E-state index in [1.165, 1.54) is 16.7 Å². The molecule has 2 nitrogen and oxygen atoms in total. The van der Waals surface area contributed by atoms with Crippen molar-refractivity contribution in [1.29, 1.82) is 0 Å². The summed E-state index contributed by atoms with van der Waals surface area (Å²) in [5.74, 6) is 0.323. The average molecular weight is 391 g/mol. The van der Waals surface area contributed by atoms with Crippen molar-refractivity contribution in [1.82, 2.24) is 0 Å². The number of allylic oxidation sites excluding steroid dienone is 1. The predicted octanol–water partition coefficient (Wildman–Crippen LogP) is 6.41. The molecule has 1 unspecified atom stereocenters. The normalized spacial score (nSPS) is 17.9. The van der Waals surface area contributed by atoms with Crippen molar-refractivity contribution in [2.45, 2.75) is 52.1 Å². The van der Waals surface area contributed by atoms with Crippen LogP contribution in [0.1, 0.15) is 51.5 Å². The molecule has 0 saturated heterocycles. The third kappa shape index (κ3) is 5.09. The van der Waals surface area contributed by atoms with E-state index >= 15 is 0 Å². The van der Waals surface area contributed by atoms with Crippen molar-refractivity contribution >= 4 is 22.0 Å². The number of benzene rings is 1. The summed E-state index contributed by atoms with van der Waals surface area (Å²) in [6, 6.07) is 5.54. The lowest BCUT2D eigenvalue weighted by Crippen LogP contribution is -2.11. The molecule has 24 heavy (non-hydrogen) atoms. The van der Waals surface area contributed by atoms with Gasteiger partial charge in [-0.3, -0.25) is 0 Å². The second kappa shape index (κ2) is 9.24. The first kappa shape index (κ1) is 19.0. The third-order valence-electron chi connectivity index (χ3n) is 4.43. The molecule has 130 valence electrons. The van der Waals surface area contributed by atoms with Crippen LogP contribution in [0.4, 0.5) is 0 Å². The lowest BCUT2D eigenvalue weighted by Gasteiger charge is -2.17. The number of phenolic OH excluding ortho intramolecular Hbond substituents is 1. The minimum absolute atomic E-state index is 0.161. The minimum Gasteiger partial charge on any atom is -0.507 e. The van der Waals surface area contributed by atoms with Crippen LogP contribution in [0.3, 0.4) is 0 Å². The first-order valence-corrected chi connectivity index (χ1v) is 9.52. The van der Waals surface area contributed by atoms with Crippen molar-refractivity contribution in [2.24, 2.45) is 0 Å². The quantitative estimate of drug-likeness (QED) is 0.555. The molecule has 1 atom stereocenters. The molecular weight excluding hydrogens is 364 g/mol. The number of ether oxygens (including phenoxy) is 1. The zero-order valence-electron chi connectivity index (χ0n) is 14.6. The molecule has 0 spiro atoms. The highest BCUT2D eigenvalue weighted by molar-refractivity contribution is 9.10. The zero-order valence-corrected chi connectivity index (χ0v) is 16.2. The first-order chi connectivity index (χ1) is 11.5. The number of hydrogen-bond acceptors (Lipinski definition) is 2. The van der Waals surface area contributed by atoms with Gasteiger partial charge in [0.15, 0.2) is 0 Å². The molecular formula is C21H27BrO2. The van der Waals surface area contributed by atoms with Gasteiger partial charge in [-0.15, -0.1) is 0 Å². The van der Waals surface area contributed by atoms with Gasteiger partial charge in [0.1, 0.15) is 5.75 Å². The second-order valence-corrected chi connectivity index (χ2v) is 7.15. The summed E-state index contributed by atoms with van der Waals surface area (Å²) in [5, 5.41) is 10.1. The van der Waals surface area contributed by atoms with Crippen molar-refractivity contribution in [3.8, 4) is 5.75 Å². The van der Waals surface area contributed by atoms with Gasteiger partial charge in [-0.2, -0.15) is 0 Å². The molecule has 0 amide bonds. The summed E-state index contributed by atoms with van der Waals surface area (Å²) in [6.07, 6.45) is 9.48. The molecule has 1 aliphatic heterocycles. The van der Waals surface area contributed by atoms with E-state index in [1.54, 1.807) is 6.07 Å². The molecule has 1 heterocycles. The zero-order chi connectivity index (χ0) is 17.5. The number of aromatic hydroxyl groups is 1. The van der Waals surface area contributed by atoms with Gasteiger partial charge in [-0.1, -0.05) is 60.5 Å². The summed E-state index contributed by atoms with van der Waals surface area (Å²) >= 11 is 3.47. The first-order valence-electron chi connectivity index (χ1n) is 8.72. The Morgan fingerprint density at radius 1 is 1.38 bits per heavy atom. The Hall–Kier alpha value is -1.32. The highest BCUT2D eigenvalue weighted by Crippen LogP contribution is 2.30. The number of phenols is 1. The summed E-state index contributed by atoms with van der Waals surface area (Å²) in [7, 11) is 0. The monoisotopic (exact) mass is 390 g/mol. The van der Waals surface area contributed by atoms with E-state index in [2.05, 4.69) is 48.5 Å². The van der Waals surface area contributed by atoms with E-state index in [0.29, 0.717) is 12.4 Å². The summed E-state index contributed by atoms with van der Waals surface area (Å²) in [4.78, 5) is 0. The van der Waals surface area contributed by atoms with Gasteiger partial charge < -0.3 is 9.84 Å². The van der Waals surface area contributed by atoms with E-state index in [1.807, 2.05) is 12.1 Å². The number of halogens is 1. The van der Waals surface area contributed by atoms with Crippen LogP contribution in [-0.4, -0.2) is 17.8 Å². The molecule has 0 fully saturated rings. The average Bonchev–Trinajstić information content (AvgIpc) is 3.04. The Labute approximate surface area is 154 Å². The maximum absolute atomic E-state index is 10.1. The fraction of sp³-hybridized carbons (Fsp3) is 0.429. The fourth-order valence-electron chi connectivity index (χ4n) is 3.06. The van der Waals surface area contributed by atoms with Gasteiger partial charge in [0.25, 0.3) is 0 Å². The Balaban J connectivity index is 2.09. The number of hydrogen-bond donors (Lipinski definition) is 1. The van der Waals surface area contributed by atoms with Crippen molar-refractivity contribution < 1.29 is 9.84 Å². The van der Waals surface area contributed by atoms with Crippen LogP contribution >= 0.6 is 15.9 Å². The van der Waals surface area contributed by atoms with Crippen LogP contribution in [0.5, 0.6) is 5.75 Å². The molecule has 1 aliphatic rings. The van der Waals surface area contributed by atoms with E-state index in [9.17, 15) is 5.11 Å². The Morgan fingerprint density at radius 2 is 2.17 bits per heavy atom.